The van der Waals surface area contributed by atoms with E-state index >= 15 is 0 Å². The largest absolute Gasteiger partial charge is 0.392 e. The Morgan fingerprint density at radius 3 is 2.61 bits per heavy atom. The molecule has 1 aromatic rings. The number of aliphatic hydroxyl groups excluding tert-OH is 1. The van der Waals surface area contributed by atoms with E-state index in [1.165, 1.54) is 12.1 Å². The van der Waals surface area contributed by atoms with Crippen molar-refractivity contribution in [2.24, 2.45) is 0 Å². The number of hydrogen-bond acceptors (Lipinski definition) is 3. The molecule has 0 amide bonds. The summed E-state index contributed by atoms with van der Waals surface area (Å²) in [5, 5.41) is 9.00. The van der Waals surface area contributed by atoms with Crippen LogP contribution in [0.25, 0.3) is 0 Å². The second-order valence-electron chi connectivity index (χ2n) is 4.70. The van der Waals surface area contributed by atoms with Crippen LogP contribution in [-0.2, 0) is 16.6 Å². The fraction of sp³-hybridized carbons (Fsp3) is 0.455. The lowest BCUT2D eigenvalue weighted by Crippen LogP contribution is -2.34. The average Bonchev–Trinajstić information content (AvgIpc) is 2.97. The van der Waals surface area contributed by atoms with Gasteiger partial charge in [-0.3, -0.25) is 0 Å². The van der Waals surface area contributed by atoms with Crippen LogP contribution in [-0.4, -0.2) is 19.1 Å². The summed E-state index contributed by atoms with van der Waals surface area (Å²) in [4.78, 5) is -0.436. The Bertz CT molecular complexity index is 584. The van der Waals surface area contributed by atoms with E-state index in [2.05, 4.69) is 20.7 Å². The minimum absolute atomic E-state index is 0.0503. The van der Waals surface area contributed by atoms with Crippen molar-refractivity contribution in [1.29, 1.82) is 0 Å². The Hall–Kier alpha value is -0.500. The van der Waals surface area contributed by atoms with Gasteiger partial charge in [0, 0.05) is 15.6 Å². The summed E-state index contributed by atoms with van der Waals surface area (Å²) in [5.41, 5.74) is -0.516. The summed E-state index contributed by atoms with van der Waals surface area (Å²) in [7, 11) is -3.91. The Morgan fingerprint density at radius 2 is 2.11 bits per heavy atom. The SMILES string of the molecule is CC1(NS(=O)(=O)c2cc(Br)cc(CO)c2F)CC1. The van der Waals surface area contributed by atoms with Gasteiger partial charge in [0.25, 0.3) is 0 Å². The predicted octanol–water partition coefficient (Wildman–Crippen LogP) is 1.91. The van der Waals surface area contributed by atoms with Crippen molar-refractivity contribution >= 4 is 26.0 Å². The number of halogens is 2. The molecule has 1 aliphatic carbocycles. The fourth-order valence-electron chi connectivity index (χ4n) is 1.60. The molecular formula is C11H13BrFNO3S. The number of aliphatic hydroxyl groups is 1. The van der Waals surface area contributed by atoms with E-state index in [4.69, 9.17) is 5.11 Å². The van der Waals surface area contributed by atoms with Crippen molar-refractivity contribution in [3.63, 3.8) is 0 Å². The lowest BCUT2D eigenvalue weighted by atomic mass is 10.2. The predicted molar refractivity (Wildman–Crippen MR) is 68.0 cm³/mol. The van der Waals surface area contributed by atoms with E-state index in [0.29, 0.717) is 4.47 Å². The van der Waals surface area contributed by atoms with Crippen molar-refractivity contribution in [3.05, 3.63) is 28.0 Å². The van der Waals surface area contributed by atoms with E-state index in [1.54, 1.807) is 6.92 Å². The monoisotopic (exact) mass is 337 g/mol. The molecule has 1 fully saturated rings. The maximum absolute atomic E-state index is 13.9. The zero-order valence-corrected chi connectivity index (χ0v) is 12.1. The molecule has 0 saturated heterocycles. The molecule has 7 heteroatoms. The summed E-state index contributed by atoms with van der Waals surface area (Å²) >= 11 is 3.11. The van der Waals surface area contributed by atoms with Crippen LogP contribution in [0.3, 0.4) is 0 Å². The molecule has 0 aromatic heterocycles. The van der Waals surface area contributed by atoms with Gasteiger partial charge in [0.15, 0.2) is 0 Å². The van der Waals surface area contributed by atoms with Gasteiger partial charge in [0.2, 0.25) is 10.0 Å². The summed E-state index contributed by atoms with van der Waals surface area (Å²) in [6.07, 6.45) is 1.49. The Kier molecular flexibility index (Phi) is 3.52. The first-order valence-corrected chi connectivity index (χ1v) is 7.68. The van der Waals surface area contributed by atoms with Crippen LogP contribution in [0.15, 0.2) is 21.5 Å². The topological polar surface area (TPSA) is 66.4 Å². The number of benzene rings is 1. The van der Waals surface area contributed by atoms with Crippen LogP contribution >= 0.6 is 15.9 Å². The first kappa shape index (κ1) is 13.9. The minimum atomic E-state index is -3.91. The van der Waals surface area contributed by atoms with Crippen LogP contribution in [0, 0.1) is 5.82 Å². The summed E-state index contributed by atoms with van der Waals surface area (Å²) < 4.78 is 41.0. The number of sulfonamides is 1. The lowest BCUT2D eigenvalue weighted by Gasteiger charge is -2.14. The quantitative estimate of drug-likeness (QED) is 0.881. The third-order valence-corrected chi connectivity index (χ3v) is 5.02. The molecule has 4 nitrogen and oxygen atoms in total. The van der Waals surface area contributed by atoms with Gasteiger partial charge in [-0.1, -0.05) is 15.9 Å². The molecule has 0 unspecified atom stereocenters. The van der Waals surface area contributed by atoms with Crippen molar-refractivity contribution in [1.82, 2.24) is 4.72 Å². The van der Waals surface area contributed by atoms with E-state index in [0.717, 1.165) is 12.8 Å². The van der Waals surface area contributed by atoms with Crippen molar-refractivity contribution in [2.45, 2.75) is 36.8 Å². The third-order valence-electron chi connectivity index (χ3n) is 2.92. The molecule has 100 valence electrons. The molecule has 1 saturated carbocycles. The van der Waals surface area contributed by atoms with Crippen LogP contribution in [0.2, 0.25) is 0 Å². The van der Waals surface area contributed by atoms with Gasteiger partial charge in [0.05, 0.1) is 6.61 Å². The molecule has 0 atom stereocenters. The first-order valence-electron chi connectivity index (χ1n) is 5.40. The average molecular weight is 338 g/mol. The molecule has 0 heterocycles. The molecule has 2 N–H and O–H groups in total. The molecule has 0 radical (unpaired) electrons. The summed E-state index contributed by atoms with van der Waals surface area (Å²) in [6.45, 7) is 1.22. The molecule has 1 aliphatic rings. The summed E-state index contributed by atoms with van der Waals surface area (Å²) in [5.74, 6) is -0.905. The standard InChI is InChI=1S/C11H13BrFNO3S/c1-11(2-3-11)14-18(16,17)9-5-8(12)4-7(6-15)10(9)13/h4-5,14-15H,2-3,6H2,1H3. The number of nitrogens with one attached hydrogen (secondary N) is 1. The molecule has 0 spiro atoms. The van der Waals surface area contributed by atoms with Gasteiger partial charge in [-0.2, -0.15) is 0 Å². The van der Waals surface area contributed by atoms with Crippen molar-refractivity contribution in [2.75, 3.05) is 0 Å². The Balaban J connectivity index is 2.46. The highest BCUT2D eigenvalue weighted by atomic mass is 79.9. The number of rotatable bonds is 4. The van der Waals surface area contributed by atoms with Gasteiger partial charge in [-0.15, -0.1) is 0 Å². The zero-order chi connectivity index (χ0) is 13.6. The number of hydrogen-bond donors (Lipinski definition) is 2. The third kappa shape index (κ3) is 2.74. The molecule has 2 rings (SSSR count). The van der Waals surface area contributed by atoms with Crippen LogP contribution in [0.5, 0.6) is 0 Å². The van der Waals surface area contributed by atoms with Crippen LogP contribution < -0.4 is 4.72 Å². The highest BCUT2D eigenvalue weighted by Gasteiger charge is 2.42. The van der Waals surface area contributed by atoms with Gasteiger partial charge in [0.1, 0.15) is 10.7 Å². The van der Waals surface area contributed by atoms with Crippen molar-refractivity contribution in [3.8, 4) is 0 Å². The Morgan fingerprint density at radius 1 is 1.50 bits per heavy atom. The molecule has 0 bridgehead atoms. The molecule has 1 aromatic carbocycles. The van der Waals surface area contributed by atoms with Gasteiger partial charge in [-0.05, 0) is 31.9 Å². The van der Waals surface area contributed by atoms with E-state index in [9.17, 15) is 12.8 Å². The van der Waals surface area contributed by atoms with E-state index < -0.39 is 32.9 Å². The fourth-order valence-corrected chi connectivity index (χ4v) is 3.87. The maximum atomic E-state index is 13.9. The summed E-state index contributed by atoms with van der Waals surface area (Å²) in [6, 6.07) is 2.55. The zero-order valence-electron chi connectivity index (χ0n) is 9.70. The first-order chi connectivity index (χ1) is 8.27. The minimum Gasteiger partial charge on any atom is -0.392 e. The lowest BCUT2D eigenvalue weighted by molar-refractivity contribution is 0.274. The Labute approximate surface area is 113 Å². The van der Waals surface area contributed by atoms with Gasteiger partial charge in [-0.25, -0.2) is 17.5 Å². The van der Waals surface area contributed by atoms with Gasteiger partial charge >= 0.3 is 0 Å². The van der Waals surface area contributed by atoms with Gasteiger partial charge < -0.3 is 5.11 Å². The smallest absolute Gasteiger partial charge is 0.244 e. The molecule has 18 heavy (non-hydrogen) atoms. The maximum Gasteiger partial charge on any atom is 0.244 e. The normalized spacial score (nSPS) is 17.8. The highest BCUT2D eigenvalue weighted by Crippen LogP contribution is 2.36. The second-order valence-corrected chi connectivity index (χ2v) is 7.27. The molecule has 0 aliphatic heterocycles. The highest BCUT2D eigenvalue weighted by molar-refractivity contribution is 9.10. The molecular weight excluding hydrogens is 325 g/mol. The van der Waals surface area contributed by atoms with Crippen molar-refractivity contribution < 1.29 is 17.9 Å². The second kappa shape index (κ2) is 4.56. The van der Waals surface area contributed by atoms with Crippen LogP contribution in [0.1, 0.15) is 25.3 Å². The van der Waals surface area contributed by atoms with E-state index in [1.807, 2.05) is 0 Å². The van der Waals surface area contributed by atoms with E-state index in [-0.39, 0.29) is 5.56 Å². The van der Waals surface area contributed by atoms with Crippen LogP contribution in [0.4, 0.5) is 4.39 Å².